The van der Waals surface area contributed by atoms with Gasteiger partial charge in [-0.15, -0.1) is 11.8 Å². The van der Waals surface area contributed by atoms with Crippen LogP contribution in [0, 0.1) is 0 Å². The minimum absolute atomic E-state index is 0.0161. The Kier molecular flexibility index (Phi) is 3.80. The average Bonchev–Trinajstić information content (AvgIpc) is 2.64. The Hall–Kier alpha value is -1.89. The molecular weight excluding hydrogens is 291 g/mol. The maximum absolute atomic E-state index is 12.7. The number of carbonyl (C=O) groups excluding carboxylic acids is 1. The van der Waals surface area contributed by atoms with E-state index in [2.05, 4.69) is 0 Å². The lowest BCUT2D eigenvalue weighted by Gasteiger charge is -2.08. The molecule has 1 aliphatic heterocycles. The van der Waals surface area contributed by atoms with Crippen LogP contribution in [0.2, 0.25) is 0 Å². The number of ether oxygens (including phenoxy) is 1. The molecule has 1 heterocycles. The Morgan fingerprint density at radius 1 is 1.35 bits per heavy atom. The molecule has 1 aliphatic rings. The van der Waals surface area contributed by atoms with Crippen LogP contribution in [0.15, 0.2) is 41.3 Å². The third kappa shape index (κ3) is 2.67. The summed E-state index contributed by atoms with van der Waals surface area (Å²) in [6, 6.07) is 4.42. The molecule has 0 aromatic heterocycles. The number of benzene rings is 1. The van der Waals surface area contributed by atoms with Crippen LogP contribution in [0.3, 0.4) is 0 Å². The Balaban J connectivity index is 2.45. The van der Waals surface area contributed by atoms with Gasteiger partial charge in [0.1, 0.15) is 0 Å². The molecule has 0 aliphatic carbocycles. The van der Waals surface area contributed by atoms with E-state index >= 15 is 0 Å². The zero-order valence-electron chi connectivity index (χ0n) is 10.3. The van der Waals surface area contributed by atoms with Gasteiger partial charge in [-0.2, -0.15) is 13.2 Å². The molecule has 0 unspecified atom stereocenters. The van der Waals surface area contributed by atoms with E-state index in [0.717, 1.165) is 12.1 Å². The quantitative estimate of drug-likeness (QED) is 0.853. The van der Waals surface area contributed by atoms with Crippen molar-refractivity contribution in [1.29, 1.82) is 0 Å². The van der Waals surface area contributed by atoms with Crippen LogP contribution in [0.1, 0.15) is 11.1 Å². The van der Waals surface area contributed by atoms with Gasteiger partial charge in [-0.3, -0.25) is 4.79 Å². The molecule has 0 saturated heterocycles. The van der Waals surface area contributed by atoms with Gasteiger partial charge in [0, 0.05) is 5.41 Å². The minimum atomic E-state index is -4.48. The van der Waals surface area contributed by atoms with Crippen molar-refractivity contribution in [2.24, 2.45) is 5.73 Å². The highest BCUT2D eigenvalue weighted by Gasteiger charge is 2.34. The van der Waals surface area contributed by atoms with Crippen LogP contribution < -0.4 is 5.73 Å². The normalized spacial score (nSPS) is 17.8. The Bertz CT molecular complexity index is 620. The van der Waals surface area contributed by atoms with Gasteiger partial charge in [-0.1, -0.05) is 12.1 Å². The fourth-order valence-electron chi connectivity index (χ4n) is 1.76. The number of alkyl halides is 3. The Morgan fingerprint density at radius 3 is 2.65 bits per heavy atom. The second-order valence-corrected chi connectivity index (χ2v) is 4.67. The van der Waals surface area contributed by atoms with Gasteiger partial charge in [0.2, 0.25) is 11.7 Å². The summed E-state index contributed by atoms with van der Waals surface area (Å²) < 4.78 is 43.1. The first-order chi connectivity index (χ1) is 9.34. The van der Waals surface area contributed by atoms with Crippen molar-refractivity contribution >= 4 is 23.1 Å². The summed E-state index contributed by atoms with van der Waals surface area (Å²) in [5.41, 5.74) is 4.79. The van der Waals surface area contributed by atoms with Crippen molar-refractivity contribution < 1.29 is 22.7 Å². The first-order valence-electron chi connectivity index (χ1n) is 5.47. The number of Topliss-reactive ketones (excluding diaryl/α,β-unsaturated/α-hetero) is 1. The number of carbonyl (C=O) groups is 1. The highest BCUT2D eigenvalue weighted by atomic mass is 32.2. The van der Waals surface area contributed by atoms with Crippen molar-refractivity contribution in [1.82, 2.24) is 0 Å². The zero-order valence-corrected chi connectivity index (χ0v) is 11.1. The molecule has 2 rings (SSSR count). The predicted octanol–water partition coefficient (Wildman–Crippen LogP) is 3.14. The van der Waals surface area contributed by atoms with Crippen LogP contribution in [0.5, 0.6) is 0 Å². The maximum atomic E-state index is 12.7. The number of hydrogen-bond acceptors (Lipinski definition) is 4. The molecule has 0 atom stereocenters. The molecule has 3 nitrogen and oxygen atoms in total. The molecule has 0 amide bonds. The summed E-state index contributed by atoms with van der Waals surface area (Å²) >= 11 is 1.24. The lowest BCUT2D eigenvalue weighted by molar-refractivity contribution is -0.137. The van der Waals surface area contributed by atoms with Gasteiger partial charge >= 0.3 is 6.18 Å². The number of allylic oxidation sites excluding steroid dienone is 1. The molecule has 7 heteroatoms. The zero-order chi connectivity index (χ0) is 14.9. The molecule has 0 bridgehead atoms. The summed E-state index contributed by atoms with van der Waals surface area (Å²) in [7, 11) is 0. The molecule has 1 aromatic rings. The number of thioether (sulfide) groups is 1. The van der Waals surface area contributed by atoms with Crippen molar-refractivity contribution in [3.8, 4) is 0 Å². The van der Waals surface area contributed by atoms with E-state index in [9.17, 15) is 18.0 Å². The van der Waals surface area contributed by atoms with E-state index in [1.807, 2.05) is 0 Å². The fraction of sp³-hybridized carbons (Fsp3) is 0.154. The maximum Gasteiger partial charge on any atom is 0.416 e. The molecule has 0 spiro atoms. The molecular formula is C13H10F3NO2S. The number of halogens is 3. The highest BCUT2D eigenvalue weighted by Crippen LogP contribution is 2.34. The number of rotatable bonds is 2. The average molecular weight is 301 g/mol. The fourth-order valence-corrected chi connectivity index (χ4v) is 2.13. The van der Waals surface area contributed by atoms with E-state index in [1.165, 1.54) is 29.3 Å². The molecule has 0 fully saturated rings. The summed E-state index contributed by atoms with van der Waals surface area (Å²) in [4.78, 5) is 12.0. The van der Waals surface area contributed by atoms with E-state index < -0.39 is 17.5 Å². The van der Waals surface area contributed by atoms with Crippen molar-refractivity contribution in [3.05, 3.63) is 52.4 Å². The van der Waals surface area contributed by atoms with Crippen LogP contribution in [0.25, 0.3) is 5.57 Å². The van der Waals surface area contributed by atoms with Crippen LogP contribution in [0.4, 0.5) is 13.2 Å². The van der Waals surface area contributed by atoms with Crippen LogP contribution >= 0.6 is 11.8 Å². The standard InChI is InChI=1S/C13H10F3NO2S/c1-20-6-9-11(18)10(12(17)19-9)7-3-2-4-8(5-7)13(14,15)16/h2-6H,17H2,1H3. The summed E-state index contributed by atoms with van der Waals surface area (Å²) in [5.74, 6) is -0.687. The largest absolute Gasteiger partial charge is 0.436 e. The van der Waals surface area contributed by atoms with E-state index in [1.54, 1.807) is 6.26 Å². The lowest BCUT2D eigenvalue weighted by Crippen LogP contribution is -2.07. The van der Waals surface area contributed by atoms with Gasteiger partial charge in [0.25, 0.3) is 0 Å². The highest BCUT2D eigenvalue weighted by molar-refractivity contribution is 8.01. The predicted molar refractivity (Wildman–Crippen MR) is 70.2 cm³/mol. The van der Waals surface area contributed by atoms with E-state index in [0.29, 0.717) is 0 Å². The number of hydrogen-bond donors (Lipinski definition) is 1. The third-order valence-electron chi connectivity index (χ3n) is 2.62. The molecule has 2 N–H and O–H groups in total. The monoisotopic (exact) mass is 301 g/mol. The lowest BCUT2D eigenvalue weighted by atomic mass is 10.0. The Morgan fingerprint density at radius 2 is 2.05 bits per heavy atom. The molecule has 1 aromatic carbocycles. The Labute approximate surface area is 117 Å². The van der Waals surface area contributed by atoms with E-state index in [4.69, 9.17) is 10.5 Å². The van der Waals surface area contributed by atoms with Crippen molar-refractivity contribution in [2.75, 3.05) is 6.26 Å². The van der Waals surface area contributed by atoms with Gasteiger partial charge in [0.05, 0.1) is 11.1 Å². The van der Waals surface area contributed by atoms with Gasteiger partial charge in [-0.25, -0.2) is 0 Å². The second kappa shape index (κ2) is 5.24. The van der Waals surface area contributed by atoms with Crippen molar-refractivity contribution in [2.45, 2.75) is 6.18 Å². The SMILES string of the molecule is CSC=C1OC(N)=C(c2cccc(C(F)(F)F)c2)C1=O. The summed E-state index contributed by atoms with van der Waals surface area (Å²) in [6.07, 6.45) is -2.76. The second-order valence-electron chi connectivity index (χ2n) is 3.97. The molecule has 0 saturated carbocycles. The van der Waals surface area contributed by atoms with Crippen molar-refractivity contribution in [3.63, 3.8) is 0 Å². The third-order valence-corrected chi connectivity index (χ3v) is 3.07. The van der Waals surface area contributed by atoms with Gasteiger partial charge in [-0.05, 0) is 24.0 Å². The number of nitrogens with two attached hydrogens (primary N) is 1. The van der Waals surface area contributed by atoms with Crippen LogP contribution in [-0.4, -0.2) is 12.0 Å². The van der Waals surface area contributed by atoms with Gasteiger partial charge < -0.3 is 10.5 Å². The molecule has 0 radical (unpaired) electrons. The first-order valence-corrected chi connectivity index (χ1v) is 6.76. The van der Waals surface area contributed by atoms with E-state index in [-0.39, 0.29) is 22.8 Å². The smallest absolute Gasteiger partial charge is 0.416 e. The van der Waals surface area contributed by atoms with Crippen LogP contribution in [-0.2, 0) is 15.7 Å². The number of ketones is 1. The van der Waals surface area contributed by atoms with Gasteiger partial charge in [0.15, 0.2) is 5.76 Å². The minimum Gasteiger partial charge on any atom is -0.436 e. The molecule has 20 heavy (non-hydrogen) atoms. The summed E-state index contributed by atoms with van der Waals surface area (Å²) in [6.45, 7) is 0. The molecule has 106 valence electrons. The first kappa shape index (κ1) is 14.5. The topological polar surface area (TPSA) is 52.3 Å². The summed E-state index contributed by atoms with van der Waals surface area (Å²) in [5, 5.41) is 1.45.